The van der Waals surface area contributed by atoms with Crippen molar-refractivity contribution < 1.29 is 9.90 Å². The summed E-state index contributed by atoms with van der Waals surface area (Å²) in [5.74, 6) is 0.952. The van der Waals surface area contributed by atoms with Crippen LogP contribution in [0.2, 0.25) is 0 Å². The van der Waals surface area contributed by atoms with Gasteiger partial charge in [0.25, 0.3) is 0 Å². The number of amides is 1. The highest BCUT2D eigenvalue weighted by Gasteiger charge is 2.42. The zero-order valence-corrected chi connectivity index (χ0v) is 12.5. The molecule has 3 atom stereocenters. The predicted molar refractivity (Wildman–Crippen MR) is 75.7 cm³/mol. The number of carbonyl (C=O) groups excluding carboxylic acids is 1. The van der Waals surface area contributed by atoms with E-state index in [0.717, 1.165) is 45.4 Å². The van der Waals surface area contributed by atoms with Gasteiger partial charge in [0.05, 0.1) is 6.10 Å². The Morgan fingerprint density at radius 1 is 1.42 bits per heavy atom. The van der Waals surface area contributed by atoms with E-state index in [4.69, 9.17) is 0 Å². The Labute approximate surface area is 116 Å². The summed E-state index contributed by atoms with van der Waals surface area (Å²) in [6.45, 7) is 9.55. The average molecular weight is 268 g/mol. The van der Waals surface area contributed by atoms with E-state index in [1.165, 1.54) is 0 Å². The first kappa shape index (κ1) is 14.8. The second-order valence-electron chi connectivity index (χ2n) is 6.81. The molecule has 0 aromatic heterocycles. The second-order valence-corrected chi connectivity index (χ2v) is 6.81. The minimum atomic E-state index is -0.308. The summed E-state index contributed by atoms with van der Waals surface area (Å²) in [4.78, 5) is 14.7. The van der Waals surface area contributed by atoms with E-state index in [0.29, 0.717) is 5.92 Å². The minimum absolute atomic E-state index is 0.254. The quantitative estimate of drug-likeness (QED) is 0.810. The maximum absolute atomic E-state index is 12.8. The third-order valence-corrected chi connectivity index (χ3v) is 5.06. The van der Waals surface area contributed by atoms with Crippen LogP contribution in [0.3, 0.4) is 0 Å². The smallest absolute Gasteiger partial charge is 0.228 e. The molecule has 2 aliphatic heterocycles. The fraction of sp³-hybridized carbons (Fsp3) is 0.933. The van der Waals surface area contributed by atoms with Gasteiger partial charge in [0.1, 0.15) is 0 Å². The van der Waals surface area contributed by atoms with Gasteiger partial charge in [-0.2, -0.15) is 0 Å². The van der Waals surface area contributed by atoms with Crippen LogP contribution in [0.5, 0.6) is 0 Å². The number of nitrogens with one attached hydrogen (secondary N) is 1. The molecule has 0 saturated carbocycles. The van der Waals surface area contributed by atoms with Gasteiger partial charge in [0.15, 0.2) is 0 Å². The molecule has 2 N–H and O–H groups in total. The molecule has 2 fully saturated rings. The van der Waals surface area contributed by atoms with Gasteiger partial charge in [0.2, 0.25) is 5.91 Å². The van der Waals surface area contributed by atoms with Crippen molar-refractivity contribution in [3.63, 3.8) is 0 Å². The number of rotatable bonds is 3. The summed E-state index contributed by atoms with van der Waals surface area (Å²) in [5, 5.41) is 13.1. The summed E-state index contributed by atoms with van der Waals surface area (Å²) in [7, 11) is 0. The number of carbonyl (C=O) groups is 1. The normalized spacial score (nSPS) is 30.4. The van der Waals surface area contributed by atoms with Crippen molar-refractivity contribution in [3.05, 3.63) is 0 Å². The Morgan fingerprint density at radius 2 is 2.16 bits per heavy atom. The molecule has 2 saturated heterocycles. The SMILES string of the molecule is CC(O)C1CCN(C(=O)C(C)(C)C2CCCNC2)C1. The van der Waals surface area contributed by atoms with E-state index < -0.39 is 0 Å². The first-order valence-corrected chi connectivity index (χ1v) is 7.61. The number of aliphatic hydroxyl groups is 1. The fourth-order valence-corrected chi connectivity index (χ4v) is 3.42. The summed E-state index contributed by atoms with van der Waals surface area (Å²) < 4.78 is 0. The number of aliphatic hydroxyl groups excluding tert-OH is 1. The lowest BCUT2D eigenvalue weighted by Gasteiger charge is -2.38. The van der Waals surface area contributed by atoms with Gasteiger partial charge < -0.3 is 15.3 Å². The lowest BCUT2D eigenvalue weighted by atomic mass is 9.74. The Morgan fingerprint density at radius 3 is 2.68 bits per heavy atom. The Kier molecular flexibility index (Phi) is 4.51. The van der Waals surface area contributed by atoms with Crippen molar-refractivity contribution in [2.45, 2.75) is 46.1 Å². The molecule has 1 amide bonds. The molecule has 0 bridgehead atoms. The number of nitrogens with zero attached hydrogens (tertiary/aromatic N) is 1. The van der Waals surface area contributed by atoms with Crippen LogP contribution >= 0.6 is 0 Å². The molecule has 110 valence electrons. The van der Waals surface area contributed by atoms with E-state index in [-0.39, 0.29) is 23.3 Å². The van der Waals surface area contributed by atoms with Gasteiger partial charge >= 0.3 is 0 Å². The largest absolute Gasteiger partial charge is 0.393 e. The van der Waals surface area contributed by atoms with Crippen LogP contribution in [-0.4, -0.2) is 48.2 Å². The summed E-state index contributed by atoms with van der Waals surface area (Å²) in [5.41, 5.74) is -0.291. The molecule has 0 radical (unpaired) electrons. The topological polar surface area (TPSA) is 52.6 Å². The van der Waals surface area contributed by atoms with Crippen molar-refractivity contribution in [1.82, 2.24) is 10.2 Å². The van der Waals surface area contributed by atoms with Gasteiger partial charge in [-0.3, -0.25) is 4.79 Å². The zero-order valence-electron chi connectivity index (χ0n) is 12.5. The highest BCUT2D eigenvalue weighted by Crippen LogP contribution is 2.35. The molecule has 2 rings (SSSR count). The van der Waals surface area contributed by atoms with Crippen LogP contribution in [-0.2, 0) is 4.79 Å². The molecule has 2 heterocycles. The number of likely N-dealkylation sites (tertiary alicyclic amines) is 1. The molecule has 0 aliphatic carbocycles. The highest BCUT2D eigenvalue weighted by molar-refractivity contribution is 5.82. The van der Waals surface area contributed by atoms with Gasteiger partial charge in [-0.15, -0.1) is 0 Å². The van der Waals surface area contributed by atoms with Gasteiger partial charge in [-0.1, -0.05) is 13.8 Å². The maximum atomic E-state index is 12.8. The summed E-state index contributed by atoms with van der Waals surface area (Å²) in [6.07, 6.45) is 2.93. The number of hydrogen-bond donors (Lipinski definition) is 2. The molecule has 0 aromatic rings. The molecule has 3 unspecified atom stereocenters. The molecule has 4 nitrogen and oxygen atoms in total. The van der Waals surface area contributed by atoms with Crippen LogP contribution in [0.25, 0.3) is 0 Å². The Bertz CT molecular complexity index is 322. The van der Waals surface area contributed by atoms with Crippen LogP contribution in [0, 0.1) is 17.3 Å². The van der Waals surface area contributed by atoms with Gasteiger partial charge in [-0.05, 0) is 45.2 Å². The molecule has 0 aromatic carbocycles. The third kappa shape index (κ3) is 3.11. The zero-order chi connectivity index (χ0) is 14.0. The van der Waals surface area contributed by atoms with Crippen LogP contribution in [0.4, 0.5) is 0 Å². The van der Waals surface area contributed by atoms with E-state index in [9.17, 15) is 9.90 Å². The first-order chi connectivity index (χ1) is 8.93. The molecular weight excluding hydrogens is 240 g/mol. The summed E-state index contributed by atoms with van der Waals surface area (Å²) >= 11 is 0. The molecule has 4 heteroatoms. The van der Waals surface area contributed by atoms with Gasteiger partial charge in [0, 0.05) is 24.4 Å². The lowest BCUT2D eigenvalue weighted by molar-refractivity contribution is -0.143. The van der Waals surface area contributed by atoms with E-state index in [1.807, 2.05) is 11.8 Å². The number of piperidine rings is 1. The monoisotopic (exact) mass is 268 g/mol. The van der Waals surface area contributed by atoms with E-state index in [2.05, 4.69) is 19.2 Å². The first-order valence-electron chi connectivity index (χ1n) is 7.61. The van der Waals surface area contributed by atoms with Crippen LogP contribution in [0.1, 0.15) is 40.0 Å². The Balaban J connectivity index is 1.98. The second kappa shape index (κ2) is 5.80. The third-order valence-electron chi connectivity index (χ3n) is 5.06. The van der Waals surface area contributed by atoms with E-state index >= 15 is 0 Å². The molecule has 19 heavy (non-hydrogen) atoms. The van der Waals surface area contributed by atoms with Crippen molar-refractivity contribution >= 4 is 5.91 Å². The molecule has 0 spiro atoms. The molecule has 2 aliphatic rings. The van der Waals surface area contributed by atoms with Gasteiger partial charge in [-0.25, -0.2) is 0 Å². The van der Waals surface area contributed by atoms with Crippen molar-refractivity contribution in [1.29, 1.82) is 0 Å². The lowest BCUT2D eigenvalue weighted by Crippen LogP contribution is -2.48. The van der Waals surface area contributed by atoms with Crippen LogP contribution in [0.15, 0.2) is 0 Å². The van der Waals surface area contributed by atoms with Crippen molar-refractivity contribution in [3.8, 4) is 0 Å². The predicted octanol–water partition coefficient (Wildman–Crippen LogP) is 1.24. The van der Waals surface area contributed by atoms with Crippen molar-refractivity contribution in [2.75, 3.05) is 26.2 Å². The average Bonchev–Trinajstić information content (AvgIpc) is 2.88. The summed E-state index contributed by atoms with van der Waals surface area (Å²) in [6, 6.07) is 0. The van der Waals surface area contributed by atoms with E-state index in [1.54, 1.807) is 0 Å². The van der Waals surface area contributed by atoms with Crippen LogP contribution < -0.4 is 5.32 Å². The standard InChI is InChI=1S/C15H28N2O2/c1-11(18)12-6-8-17(10-12)14(19)15(2,3)13-5-4-7-16-9-13/h11-13,16,18H,4-10H2,1-3H3. The highest BCUT2D eigenvalue weighted by atomic mass is 16.3. The fourth-order valence-electron chi connectivity index (χ4n) is 3.42. The maximum Gasteiger partial charge on any atom is 0.228 e. The molecular formula is C15H28N2O2. The van der Waals surface area contributed by atoms with Crippen molar-refractivity contribution in [2.24, 2.45) is 17.3 Å². The Hall–Kier alpha value is -0.610. The number of hydrogen-bond acceptors (Lipinski definition) is 3. The minimum Gasteiger partial charge on any atom is -0.393 e.